The lowest BCUT2D eigenvalue weighted by Crippen LogP contribution is -2.34. The second-order valence-corrected chi connectivity index (χ2v) is 5.84. The van der Waals surface area contributed by atoms with Gasteiger partial charge in [0.25, 0.3) is 0 Å². The summed E-state index contributed by atoms with van der Waals surface area (Å²) in [7, 11) is 0. The molecule has 9 heteroatoms. The molecule has 2 aromatic heterocycles. The molecular weight excluding hydrogens is 311 g/mol. The molecule has 0 aromatic carbocycles. The van der Waals surface area contributed by atoms with Gasteiger partial charge in [-0.2, -0.15) is 23.3 Å². The fourth-order valence-corrected chi connectivity index (χ4v) is 2.80. The average molecular weight is 329 g/mol. The normalized spacial score (nSPS) is 17.7. The zero-order chi connectivity index (χ0) is 16.3. The number of alkyl halides is 3. The maximum atomic E-state index is 12.3. The fraction of sp³-hybridized carbons (Fsp3) is 0.643. The Bertz CT molecular complexity index is 602. The molecule has 0 amide bonds. The molecule has 1 aliphatic heterocycles. The molecule has 1 fully saturated rings. The van der Waals surface area contributed by atoms with E-state index in [4.69, 9.17) is 4.52 Å². The number of hydrogen-bond acceptors (Lipinski definition) is 5. The first kappa shape index (κ1) is 16.0. The van der Waals surface area contributed by atoms with E-state index in [1.165, 1.54) is 0 Å². The Morgan fingerprint density at radius 1 is 1.26 bits per heavy atom. The van der Waals surface area contributed by atoms with Crippen LogP contribution >= 0.6 is 0 Å². The third-order valence-electron chi connectivity index (χ3n) is 3.94. The molecule has 23 heavy (non-hydrogen) atoms. The van der Waals surface area contributed by atoms with E-state index in [9.17, 15) is 13.2 Å². The van der Waals surface area contributed by atoms with E-state index < -0.39 is 12.6 Å². The van der Waals surface area contributed by atoms with E-state index in [0.717, 1.165) is 32.5 Å². The Kier molecular flexibility index (Phi) is 4.65. The molecule has 6 nitrogen and oxygen atoms in total. The molecular formula is C14H18F3N5O. The Labute approximate surface area is 131 Å². The lowest BCUT2D eigenvalue weighted by molar-refractivity contribution is -0.128. The van der Waals surface area contributed by atoms with Gasteiger partial charge < -0.3 is 4.52 Å². The summed E-state index contributed by atoms with van der Waals surface area (Å²) in [6, 6.07) is 1.91. The van der Waals surface area contributed by atoms with Crippen molar-refractivity contribution in [2.75, 3.05) is 13.1 Å². The van der Waals surface area contributed by atoms with Crippen LogP contribution in [-0.4, -0.2) is 44.1 Å². The van der Waals surface area contributed by atoms with Crippen LogP contribution in [0.5, 0.6) is 0 Å². The summed E-state index contributed by atoms with van der Waals surface area (Å²) in [6.45, 7) is 3.03. The van der Waals surface area contributed by atoms with E-state index in [2.05, 4.69) is 20.1 Å². The predicted octanol–water partition coefficient (Wildman–Crippen LogP) is 2.28. The minimum absolute atomic E-state index is 0.245. The second kappa shape index (κ2) is 6.69. The van der Waals surface area contributed by atoms with E-state index in [-0.39, 0.29) is 11.7 Å². The molecule has 0 spiro atoms. The van der Waals surface area contributed by atoms with E-state index in [1.54, 1.807) is 6.20 Å². The van der Waals surface area contributed by atoms with Crippen molar-refractivity contribution in [2.45, 2.75) is 38.5 Å². The molecule has 0 aliphatic carbocycles. The number of rotatable bonds is 5. The average Bonchev–Trinajstić information content (AvgIpc) is 3.12. The Balaban J connectivity index is 1.45. The number of aromatic nitrogens is 4. The monoisotopic (exact) mass is 329 g/mol. The summed E-state index contributed by atoms with van der Waals surface area (Å²) < 4.78 is 43.6. The molecule has 3 rings (SSSR count). The highest BCUT2D eigenvalue weighted by molar-refractivity contribution is 4.89. The molecule has 126 valence electrons. The summed E-state index contributed by atoms with van der Waals surface area (Å²) in [5.74, 6) is 0.505. The highest BCUT2D eigenvalue weighted by atomic mass is 19.4. The first-order chi connectivity index (χ1) is 11.0. The van der Waals surface area contributed by atoms with Crippen LogP contribution in [0.4, 0.5) is 13.2 Å². The molecule has 0 atom stereocenters. The van der Waals surface area contributed by atoms with Gasteiger partial charge in [0.15, 0.2) is 5.82 Å². The SMILES string of the molecule is FC(F)(F)Cc1noc(CN2CCC(Cn3cccn3)CC2)n1. The summed E-state index contributed by atoms with van der Waals surface area (Å²) in [4.78, 5) is 5.95. The minimum Gasteiger partial charge on any atom is -0.338 e. The summed E-state index contributed by atoms with van der Waals surface area (Å²) in [5.41, 5.74) is 0. The van der Waals surface area contributed by atoms with Crippen LogP contribution in [0.15, 0.2) is 23.0 Å². The van der Waals surface area contributed by atoms with Gasteiger partial charge in [0.05, 0.1) is 6.54 Å². The van der Waals surface area contributed by atoms with Crippen molar-refractivity contribution in [1.29, 1.82) is 0 Å². The lowest BCUT2D eigenvalue weighted by Gasteiger charge is -2.30. The number of hydrogen-bond donors (Lipinski definition) is 0. The van der Waals surface area contributed by atoms with Gasteiger partial charge in [-0.15, -0.1) is 0 Å². The molecule has 0 N–H and O–H groups in total. The summed E-state index contributed by atoms with van der Waals surface area (Å²) >= 11 is 0. The number of nitrogens with zero attached hydrogens (tertiary/aromatic N) is 5. The van der Waals surface area contributed by atoms with Crippen LogP contribution in [0.2, 0.25) is 0 Å². The van der Waals surface area contributed by atoms with Gasteiger partial charge in [-0.05, 0) is 37.9 Å². The zero-order valence-electron chi connectivity index (χ0n) is 12.5. The lowest BCUT2D eigenvalue weighted by atomic mass is 9.97. The second-order valence-electron chi connectivity index (χ2n) is 5.84. The van der Waals surface area contributed by atoms with Gasteiger partial charge in [-0.1, -0.05) is 5.16 Å². The molecule has 1 saturated heterocycles. The fourth-order valence-electron chi connectivity index (χ4n) is 2.80. The third kappa shape index (κ3) is 4.78. The highest BCUT2D eigenvalue weighted by Gasteiger charge is 2.31. The van der Waals surface area contributed by atoms with Gasteiger partial charge in [-0.25, -0.2) is 0 Å². The first-order valence-corrected chi connectivity index (χ1v) is 7.56. The van der Waals surface area contributed by atoms with Gasteiger partial charge >= 0.3 is 6.18 Å². The zero-order valence-corrected chi connectivity index (χ0v) is 12.5. The first-order valence-electron chi connectivity index (χ1n) is 7.56. The summed E-state index contributed by atoms with van der Waals surface area (Å²) in [6.07, 6.45) is 0.289. The van der Waals surface area contributed by atoms with Crippen LogP contribution < -0.4 is 0 Å². The Hall–Kier alpha value is -1.90. The van der Waals surface area contributed by atoms with E-state index >= 15 is 0 Å². The van der Waals surface area contributed by atoms with Crippen molar-refractivity contribution in [1.82, 2.24) is 24.8 Å². The van der Waals surface area contributed by atoms with Crippen LogP contribution in [0.25, 0.3) is 0 Å². The maximum Gasteiger partial charge on any atom is 0.396 e. The molecule has 0 radical (unpaired) electrons. The molecule has 3 heterocycles. The molecule has 2 aromatic rings. The van der Waals surface area contributed by atoms with Crippen molar-refractivity contribution in [3.63, 3.8) is 0 Å². The van der Waals surface area contributed by atoms with E-state index in [1.807, 2.05) is 16.9 Å². The van der Waals surface area contributed by atoms with Gasteiger partial charge in [-0.3, -0.25) is 9.58 Å². The predicted molar refractivity (Wildman–Crippen MR) is 74.3 cm³/mol. The maximum absolute atomic E-state index is 12.3. The smallest absolute Gasteiger partial charge is 0.338 e. The Morgan fingerprint density at radius 3 is 2.70 bits per heavy atom. The van der Waals surface area contributed by atoms with Gasteiger partial charge in [0, 0.05) is 18.9 Å². The number of likely N-dealkylation sites (tertiary alicyclic amines) is 1. The van der Waals surface area contributed by atoms with Crippen LogP contribution in [0, 0.1) is 5.92 Å². The summed E-state index contributed by atoms with van der Waals surface area (Å²) in [5, 5.41) is 7.59. The van der Waals surface area contributed by atoms with Crippen LogP contribution in [-0.2, 0) is 19.5 Å². The number of halogens is 3. The van der Waals surface area contributed by atoms with Crippen molar-refractivity contribution in [3.05, 3.63) is 30.2 Å². The van der Waals surface area contributed by atoms with Crippen molar-refractivity contribution >= 4 is 0 Å². The van der Waals surface area contributed by atoms with Crippen molar-refractivity contribution in [3.8, 4) is 0 Å². The van der Waals surface area contributed by atoms with Crippen LogP contribution in [0.1, 0.15) is 24.6 Å². The molecule has 1 aliphatic rings. The van der Waals surface area contributed by atoms with Crippen LogP contribution in [0.3, 0.4) is 0 Å². The third-order valence-corrected chi connectivity index (χ3v) is 3.94. The van der Waals surface area contributed by atoms with Crippen molar-refractivity contribution in [2.24, 2.45) is 5.92 Å². The topological polar surface area (TPSA) is 60.0 Å². The minimum atomic E-state index is -4.31. The van der Waals surface area contributed by atoms with E-state index in [0.29, 0.717) is 12.5 Å². The molecule has 0 bridgehead atoms. The number of piperidine rings is 1. The molecule has 0 unspecified atom stereocenters. The quantitative estimate of drug-likeness (QED) is 0.842. The highest BCUT2D eigenvalue weighted by Crippen LogP contribution is 2.22. The standard InChI is InChI=1S/C14H18F3N5O/c15-14(16,17)8-12-19-13(23-20-12)10-21-6-2-11(3-7-21)9-22-5-1-4-18-22/h1,4-5,11H,2-3,6-10H2. The van der Waals surface area contributed by atoms with Gasteiger partial charge in [0.2, 0.25) is 5.89 Å². The van der Waals surface area contributed by atoms with Gasteiger partial charge in [0.1, 0.15) is 6.42 Å². The van der Waals surface area contributed by atoms with Crippen molar-refractivity contribution < 1.29 is 17.7 Å². The largest absolute Gasteiger partial charge is 0.396 e. The molecule has 0 saturated carbocycles. The Morgan fingerprint density at radius 2 is 2.04 bits per heavy atom.